The molecule has 4 nitrogen and oxygen atoms in total. The number of nitrogen functional groups attached to an aromatic ring is 1. The minimum Gasteiger partial charge on any atom is -0.479 e. The van der Waals surface area contributed by atoms with Crippen molar-refractivity contribution in [2.75, 3.05) is 5.73 Å². The first-order valence-electron chi connectivity index (χ1n) is 6.58. The zero-order valence-electron chi connectivity index (χ0n) is 11.0. The van der Waals surface area contributed by atoms with E-state index in [4.69, 9.17) is 10.5 Å². The number of nitrogens with one attached hydrogen (secondary N) is 1. The van der Waals surface area contributed by atoms with Gasteiger partial charge in [-0.3, -0.25) is 4.79 Å². The van der Waals surface area contributed by atoms with Crippen LogP contribution in [0.25, 0.3) is 0 Å². The average Bonchev–Trinajstić information content (AvgIpc) is 2.85. The van der Waals surface area contributed by atoms with Gasteiger partial charge in [0.15, 0.2) is 6.10 Å². The Hall–Kier alpha value is -1.23. The van der Waals surface area contributed by atoms with Gasteiger partial charge in [0.2, 0.25) is 0 Å². The zero-order valence-corrected chi connectivity index (χ0v) is 12.6. The fraction of sp³-hybridized carbons (Fsp3) is 0.500. The van der Waals surface area contributed by atoms with E-state index in [2.05, 4.69) is 21.2 Å². The van der Waals surface area contributed by atoms with Crippen molar-refractivity contribution >= 4 is 27.5 Å². The lowest BCUT2D eigenvalue weighted by Crippen LogP contribution is -2.41. The number of halogens is 1. The standard InChI is InChI=1S/C14H19BrN2O2/c1-9(14(18)17-11-4-2-3-5-11)19-13-7-6-10(15)8-12(13)16/h6-9,11H,2-5,16H2,1H3,(H,17,18). The van der Waals surface area contributed by atoms with E-state index >= 15 is 0 Å². The van der Waals surface area contributed by atoms with Crippen LogP contribution in [0.15, 0.2) is 22.7 Å². The van der Waals surface area contributed by atoms with Crippen molar-refractivity contribution in [3.8, 4) is 5.75 Å². The number of carbonyl (C=O) groups excluding carboxylic acids is 1. The van der Waals surface area contributed by atoms with Crippen LogP contribution in [-0.2, 0) is 4.79 Å². The molecule has 1 aliphatic rings. The van der Waals surface area contributed by atoms with E-state index in [0.717, 1.165) is 17.3 Å². The van der Waals surface area contributed by atoms with Crippen LogP contribution in [0.2, 0.25) is 0 Å². The van der Waals surface area contributed by atoms with Crippen LogP contribution in [0.4, 0.5) is 5.69 Å². The number of amides is 1. The molecule has 2 rings (SSSR count). The molecule has 0 bridgehead atoms. The van der Waals surface area contributed by atoms with Crippen molar-refractivity contribution in [3.05, 3.63) is 22.7 Å². The van der Waals surface area contributed by atoms with Crippen LogP contribution in [0, 0.1) is 0 Å². The minimum absolute atomic E-state index is 0.0748. The summed E-state index contributed by atoms with van der Waals surface area (Å²) in [6, 6.07) is 5.67. The first-order chi connectivity index (χ1) is 9.06. The van der Waals surface area contributed by atoms with Crippen LogP contribution in [0.5, 0.6) is 5.75 Å². The molecule has 1 atom stereocenters. The Bertz CT molecular complexity index is 459. The number of carbonyl (C=O) groups is 1. The average molecular weight is 327 g/mol. The third-order valence-electron chi connectivity index (χ3n) is 3.35. The molecule has 0 saturated heterocycles. The number of rotatable bonds is 4. The predicted octanol–water partition coefficient (Wildman–Crippen LogP) is 2.86. The van der Waals surface area contributed by atoms with Gasteiger partial charge >= 0.3 is 0 Å². The lowest BCUT2D eigenvalue weighted by molar-refractivity contribution is -0.127. The molecular weight excluding hydrogens is 308 g/mol. The Labute approximate surface area is 121 Å². The van der Waals surface area contributed by atoms with Crippen LogP contribution < -0.4 is 15.8 Å². The fourth-order valence-corrected chi connectivity index (χ4v) is 2.64. The Kier molecular flexibility index (Phi) is 4.69. The highest BCUT2D eigenvalue weighted by atomic mass is 79.9. The fourth-order valence-electron chi connectivity index (χ4n) is 2.26. The van der Waals surface area contributed by atoms with Crippen LogP contribution >= 0.6 is 15.9 Å². The molecule has 0 heterocycles. The first-order valence-corrected chi connectivity index (χ1v) is 7.37. The molecule has 0 spiro atoms. The second kappa shape index (κ2) is 6.28. The van der Waals surface area contributed by atoms with Crippen molar-refractivity contribution in [1.82, 2.24) is 5.32 Å². The molecule has 5 heteroatoms. The summed E-state index contributed by atoms with van der Waals surface area (Å²) >= 11 is 3.33. The topological polar surface area (TPSA) is 64.3 Å². The van der Waals surface area contributed by atoms with Gasteiger partial charge in [0.05, 0.1) is 5.69 Å². The highest BCUT2D eigenvalue weighted by Crippen LogP contribution is 2.26. The van der Waals surface area contributed by atoms with Crippen molar-refractivity contribution in [1.29, 1.82) is 0 Å². The van der Waals surface area contributed by atoms with Gasteiger partial charge in [-0.25, -0.2) is 0 Å². The van der Waals surface area contributed by atoms with Gasteiger partial charge in [0, 0.05) is 10.5 Å². The molecular formula is C14H19BrN2O2. The van der Waals surface area contributed by atoms with E-state index in [1.165, 1.54) is 12.8 Å². The van der Waals surface area contributed by atoms with Crippen molar-refractivity contribution in [2.45, 2.75) is 44.8 Å². The lowest BCUT2D eigenvalue weighted by atomic mass is 10.2. The molecule has 104 valence electrons. The van der Waals surface area contributed by atoms with Gasteiger partial charge in [-0.05, 0) is 38.0 Å². The smallest absolute Gasteiger partial charge is 0.260 e. The van der Waals surface area contributed by atoms with Crippen LogP contribution in [0.1, 0.15) is 32.6 Å². The van der Waals surface area contributed by atoms with Crippen molar-refractivity contribution < 1.29 is 9.53 Å². The van der Waals surface area contributed by atoms with E-state index in [1.54, 1.807) is 19.1 Å². The summed E-state index contributed by atoms with van der Waals surface area (Å²) in [6.45, 7) is 1.74. The van der Waals surface area contributed by atoms with Gasteiger partial charge in [0.25, 0.3) is 5.91 Å². The van der Waals surface area contributed by atoms with Gasteiger partial charge in [0.1, 0.15) is 5.75 Å². The largest absolute Gasteiger partial charge is 0.479 e. The molecule has 19 heavy (non-hydrogen) atoms. The molecule has 1 aromatic carbocycles. The summed E-state index contributed by atoms with van der Waals surface area (Å²) < 4.78 is 6.50. The maximum Gasteiger partial charge on any atom is 0.260 e. The number of anilines is 1. The number of hydrogen-bond donors (Lipinski definition) is 2. The molecule has 0 aliphatic heterocycles. The number of hydrogen-bond acceptors (Lipinski definition) is 3. The van der Waals surface area contributed by atoms with Gasteiger partial charge < -0.3 is 15.8 Å². The molecule has 1 amide bonds. The second-order valence-electron chi connectivity index (χ2n) is 4.93. The summed E-state index contributed by atoms with van der Waals surface area (Å²) in [5.41, 5.74) is 6.37. The molecule has 1 saturated carbocycles. The van der Waals surface area contributed by atoms with E-state index < -0.39 is 6.10 Å². The van der Waals surface area contributed by atoms with Gasteiger partial charge in [-0.1, -0.05) is 28.8 Å². The Morgan fingerprint density at radius 3 is 2.79 bits per heavy atom. The summed E-state index contributed by atoms with van der Waals surface area (Å²) in [5, 5.41) is 3.02. The molecule has 3 N–H and O–H groups in total. The normalized spacial score (nSPS) is 17.2. The zero-order chi connectivity index (χ0) is 13.8. The van der Waals surface area contributed by atoms with E-state index in [0.29, 0.717) is 17.5 Å². The quantitative estimate of drug-likeness (QED) is 0.836. The van der Waals surface area contributed by atoms with Crippen LogP contribution in [-0.4, -0.2) is 18.1 Å². The van der Waals surface area contributed by atoms with E-state index in [9.17, 15) is 4.79 Å². The highest BCUT2D eigenvalue weighted by molar-refractivity contribution is 9.10. The summed E-state index contributed by atoms with van der Waals surface area (Å²) in [5.74, 6) is 0.464. The Morgan fingerprint density at radius 1 is 1.47 bits per heavy atom. The first kappa shape index (κ1) is 14.2. The van der Waals surface area contributed by atoms with Crippen molar-refractivity contribution in [3.63, 3.8) is 0 Å². The van der Waals surface area contributed by atoms with Gasteiger partial charge in [-0.15, -0.1) is 0 Å². The lowest BCUT2D eigenvalue weighted by Gasteiger charge is -2.18. The van der Waals surface area contributed by atoms with E-state index in [1.807, 2.05) is 6.07 Å². The third-order valence-corrected chi connectivity index (χ3v) is 3.84. The molecule has 1 unspecified atom stereocenters. The van der Waals surface area contributed by atoms with Crippen LogP contribution in [0.3, 0.4) is 0 Å². The third kappa shape index (κ3) is 3.86. The minimum atomic E-state index is -0.538. The maximum atomic E-state index is 12.0. The maximum absolute atomic E-state index is 12.0. The molecule has 0 radical (unpaired) electrons. The highest BCUT2D eigenvalue weighted by Gasteiger charge is 2.22. The van der Waals surface area contributed by atoms with Crippen molar-refractivity contribution in [2.24, 2.45) is 0 Å². The Morgan fingerprint density at radius 2 is 2.16 bits per heavy atom. The molecule has 1 aromatic rings. The number of benzene rings is 1. The summed E-state index contributed by atoms with van der Waals surface area (Å²) in [7, 11) is 0. The monoisotopic (exact) mass is 326 g/mol. The molecule has 0 aromatic heterocycles. The van der Waals surface area contributed by atoms with Gasteiger partial charge in [-0.2, -0.15) is 0 Å². The number of nitrogens with two attached hydrogens (primary N) is 1. The number of ether oxygens (including phenoxy) is 1. The summed E-state index contributed by atoms with van der Waals surface area (Å²) in [6.07, 6.45) is 3.99. The second-order valence-corrected chi connectivity index (χ2v) is 5.85. The Balaban J connectivity index is 1.92. The van der Waals surface area contributed by atoms with E-state index in [-0.39, 0.29) is 5.91 Å². The summed E-state index contributed by atoms with van der Waals surface area (Å²) in [4.78, 5) is 12.0. The predicted molar refractivity (Wildman–Crippen MR) is 79.0 cm³/mol. The SMILES string of the molecule is CC(Oc1ccc(Br)cc1N)C(=O)NC1CCCC1. The molecule has 1 fully saturated rings. The molecule has 1 aliphatic carbocycles.